The Bertz CT molecular complexity index is 1350. The number of carboxylic acids is 2. The number of unbranched alkanes of at least 4 members (excludes halogenated alkanes) is 4. The summed E-state index contributed by atoms with van der Waals surface area (Å²) < 4.78 is 10.7. The Hall–Kier alpha value is -3.66. The lowest BCUT2D eigenvalue weighted by Gasteiger charge is -2.23. The van der Waals surface area contributed by atoms with Gasteiger partial charge in [-0.05, 0) is 79.5 Å². The van der Waals surface area contributed by atoms with E-state index in [9.17, 15) is 19.5 Å². The number of aryl methyl sites for hydroxylation is 2. The fourth-order valence-corrected chi connectivity index (χ4v) is 4.82. The smallest absolute Gasteiger partial charge is 0.336 e. The Balaban J connectivity index is 1.41. The summed E-state index contributed by atoms with van der Waals surface area (Å²) in [7, 11) is 0. The highest BCUT2D eigenvalue weighted by atomic mass is 35.5. The molecule has 0 fully saturated rings. The Morgan fingerprint density at radius 3 is 2.30 bits per heavy atom. The summed E-state index contributed by atoms with van der Waals surface area (Å²) in [4.78, 5) is 35.8. The highest BCUT2D eigenvalue weighted by Crippen LogP contribution is 2.20. The molecule has 4 N–H and O–H groups in total. The van der Waals surface area contributed by atoms with E-state index >= 15 is 0 Å². The number of carbonyl (C=O) groups excluding carboxylic acids is 1. The number of carbonyl (C=O) groups is 3. The van der Waals surface area contributed by atoms with Crippen LogP contribution in [0.2, 0.25) is 5.02 Å². The number of hydrogen-bond acceptors (Lipinski definition) is 6. The maximum Gasteiger partial charge on any atom is 0.336 e. The number of ether oxygens (including phenoxy) is 2. The topological polar surface area (TPSA) is 134 Å². The molecular formula is C33H41ClN2O7. The van der Waals surface area contributed by atoms with E-state index in [0.29, 0.717) is 31.0 Å². The zero-order valence-corrected chi connectivity index (χ0v) is 25.3. The minimum atomic E-state index is -1.74. The molecule has 0 aliphatic rings. The largest absolute Gasteiger partial charge is 0.480 e. The highest BCUT2D eigenvalue weighted by Gasteiger charge is 2.36. The number of anilines is 1. The zero-order valence-electron chi connectivity index (χ0n) is 24.5. The standard InChI is InChI=1S/C33H41ClN2O7/c1-23-13-16-27(21-28(23)34)35-17-8-3-9-19-42-30(31(33(40)41)43-22-29(37)38)32(39)36-18-7-2-4-10-24-14-15-25-11-5-6-12-26(25)20-24/h5-6,11-16,20-21,30-31,35H,2-4,7-10,17-19,22H2,1H3,(H,36,39)(H,37,38)(H,40,41). The number of nitrogens with one attached hydrogen (secondary N) is 2. The highest BCUT2D eigenvalue weighted by molar-refractivity contribution is 6.31. The Morgan fingerprint density at radius 2 is 1.56 bits per heavy atom. The van der Waals surface area contributed by atoms with Gasteiger partial charge in [-0.25, -0.2) is 9.59 Å². The summed E-state index contributed by atoms with van der Waals surface area (Å²) in [5.74, 6) is -3.43. The van der Waals surface area contributed by atoms with Crippen molar-refractivity contribution in [2.45, 2.75) is 64.1 Å². The number of halogens is 1. The van der Waals surface area contributed by atoms with Gasteiger partial charge in [0.2, 0.25) is 0 Å². The summed E-state index contributed by atoms with van der Waals surface area (Å²) in [5.41, 5.74) is 3.19. The monoisotopic (exact) mass is 612 g/mol. The molecule has 0 spiro atoms. The Morgan fingerprint density at radius 1 is 0.814 bits per heavy atom. The lowest BCUT2D eigenvalue weighted by Crippen LogP contribution is -2.49. The molecular weight excluding hydrogens is 572 g/mol. The van der Waals surface area contributed by atoms with Gasteiger partial charge in [-0.1, -0.05) is 66.6 Å². The van der Waals surface area contributed by atoms with Crippen LogP contribution in [0.15, 0.2) is 60.7 Å². The number of fused-ring (bicyclic) bond motifs is 1. The second kappa shape index (κ2) is 18.1. The first-order chi connectivity index (χ1) is 20.7. The van der Waals surface area contributed by atoms with Crippen molar-refractivity contribution in [2.24, 2.45) is 0 Å². The van der Waals surface area contributed by atoms with Crippen molar-refractivity contribution in [3.63, 3.8) is 0 Å². The van der Waals surface area contributed by atoms with E-state index in [0.717, 1.165) is 43.4 Å². The molecule has 0 aliphatic carbocycles. The molecule has 0 saturated carbocycles. The van der Waals surface area contributed by atoms with Gasteiger partial charge in [0.25, 0.3) is 5.91 Å². The number of rotatable bonds is 20. The maximum atomic E-state index is 12.9. The van der Waals surface area contributed by atoms with Crippen LogP contribution in [0, 0.1) is 6.92 Å². The number of carboxylic acid groups (broad SMARTS) is 2. The lowest BCUT2D eigenvalue weighted by atomic mass is 10.0. The number of aliphatic carboxylic acids is 2. The van der Waals surface area contributed by atoms with Gasteiger partial charge in [0.05, 0.1) is 0 Å². The average Bonchev–Trinajstić information content (AvgIpc) is 2.98. The molecule has 2 atom stereocenters. The molecule has 3 aromatic rings. The average molecular weight is 613 g/mol. The quantitative estimate of drug-likeness (QED) is 0.117. The van der Waals surface area contributed by atoms with Crippen molar-refractivity contribution in [3.8, 4) is 0 Å². The van der Waals surface area contributed by atoms with Crippen LogP contribution < -0.4 is 10.6 Å². The molecule has 9 nitrogen and oxygen atoms in total. The fraction of sp³-hybridized carbons (Fsp3) is 0.424. The van der Waals surface area contributed by atoms with Gasteiger partial charge in [0.1, 0.15) is 6.61 Å². The SMILES string of the molecule is Cc1ccc(NCCCCCOC(C(=O)NCCCCCc2ccc3ccccc3c2)C(OCC(=O)O)C(=O)O)cc1Cl. The van der Waals surface area contributed by atoms with Crippen LogP contribution in [0.25, 0.3) is 10.8 Å². The summed E-state index contributed by atoms with van der Waals surface area (Å²) in [6.45, 7) is 2.27. The van der Waals surface area contributed by atoms with Crippen LogP contribution in [-0.4, -0.2) is 66.6 Å². The van der Waals surface area contributed by atoms with E-state index in [1.807, 2.05) is 37.3 Å². The van der Waals surface area contributed by atoms with Gasteiger partial charge < -0.3 is 30.3 Å². The van der Waals surface area contributed by atoms with Crippen LogP contribution in [0.1, 0.15) is 49.7 Å². The van der Waals surface area contributed by atoms with Crippen LogP contribution in [-0.2, 0) is 30.3 Å². The number of hydrogen-bond donors (Lipinski definition) is 4. The third-order valence-corrected chi connectivity index (χ3v) is 7.45. The molecule has 10 heteroatoms. The van der Waals surface area contributed by atoms with Crippen LogP contribution in [0.5, 0.6) is 0 Å². The molecule has 0 radical (unpaired) electrons. The van der Waals surface area contributed by atoms with Crippen molar-refractivity contribution >= 4 is 45.9 Å². The summed E-state index contributed by atoms with van der Waals surface area (Å²) in [6.07, 6.45) is 2.41. The van der Waals surface area contributed by atoms with Crippen LogP contribution in [0.3, 0.4) is 0 Å². The van der Waals surface area contributed by atoms with Crippen LogP contribution in [0.4, 0.5) is 5.69 Å². The first-order valence-corrected chi connectivity index (χ1v) is 15.1. The Labute approximate surface area is 257 Å². The molecule has 0 heterocycles. The predicted octanol–water partition coefficient (Wildman–Crippen LogP) is 5.85. The first kappa shape index (κ1) is 33.8. The lowest BCUT2D eigenvalue weighted by molar-refractivity contribution is -0.172. The van der Waals surface area contributed by atoms with Gasteiger partial charge in [-0.2, -0.15) is 0 Å². The van der Waals surface area contributed by atoms with Crippen molar-refractivity contribution in [2.75, 3.05) is 31.6 Å². The van der Waals surface area contributed by atoms with E-state index in [4.69, 9.17) is 26.2 Å². The molecule has 0 saturated heterocycles. The Kier molecular flexibility index (Phi) is 14.2. The van der Waals surface area contributed by atoms with Crippen molar-refractivity contribution in [1.82, 2.24) is 5.32 Å². The molecule has 0 aliphatic heterocycles. The van der Waals surface area contributed by atoms with E-state index < -0.39 is 36.7 Å². The molecule has 0 aromatic heterocycles. The predicted molar refractivity (Wildman–Crippen MR) is 168 cm³/mol. The first-order valence-electron chi connectivity index (χ1n) is 14.7. The minimum Gasteiger partial charge on any atom is -0.480 e. The second-order valence-corrected chi connectivity index (χ2v) is 10.9. The number of amides is 1. The summed E-state index contributed by atoms with van der Waals surface area (Å²) in [6, 6.07) is 20.4. The maximum absolute atomic E-state index is 12.9. The second-order valence-electron chi connectivity index (χ2n) is 10.5. The fourth-order valence-electron chi connectivity index (χ4n) is 4.64. The van der Waals surface area contributed by atoms with Gasteiger partial charge in [-0.3, -0.25) is 4.79 Å². The molecule has 3 aromatic carbocycles. The molecule has 43 heavy (non-hydrogen) atoms. The van der Waals surface area contributed by atoms with Crippen molar-refractivity contribution in [1.29, 1.82) is 0 Å². The third kappa shape index (κ3) is 11.9. The third-order valence-electron chi connectivity index (χ3n) is 7.04. The van der Waals surface area contributed by atoms with Gasteiger partial charge in [0.15, 0.2) is 12.2 Å². The molecule has 1 amide bonds. The molecule has 2 unspecified atom stereocenters. The minimum absolute atomic E-state index is 0.125. The van der Waals surface area contributed by atoms with Crippen molar-refractivity contribution in [3.05, 3.63) is 76.8 Å². The normalized spacial score (nSPS) is 12.5. The summed E-state index contributed by atoms with van der Waals surface area (Å²) >= 11 is 6.16. The molecule has 232 valence electrons. The van der Waals surface area contributed by atoms with E-state index in [2.05, 4.69) is 41.0 Å². The van der Waals surface area contributed by atoms with E-state index in [1.54, 1.807) is 0 Å². The van der Waals surface area contributed by atoms with Gasteiger partial charge >= 0.3 is 11.9 Å². The molecule has 3 rings (SSSR count). The van der Waals surface area contributed by atoms with Crippen LogP contribution >= 0.6 is 11.6 Å². The number of benzene rings is 3. The van der Waals surface area contributed by atoms with Crippen molar-refractivity contribution < 1.29 is 34.1 Å². The van der Waals surface area contributed by atoms with Gasteiger partial charge in [0, 0.05) is 30.4 Å². The summed E-state index contributed by atoms with van der Waals surface area (Å²) in [5, 5.41) is 27.8. The van der Waals surface area contributed by atoms with E-state index in [1.165, 1.54) is 16.3 Å². The van der Waals surface area contributed by atoms with Gasteiger partial charge in [-0.15, -0.1) is 0 Å². The molecule has 0 bridgehead atoms. The van der Waals surface area contributed by atoms with E-state index in [-0.39, 0.29) is 6.61 Å². The zero-order chi connectivity index (χ0) is 31.0.